The lowest BCUT2D eigenvalue weighted by molar-refractivity contribution is -0.124. The van der Waals surface area contributed by atoms with Gasteiger partial charge in [-0.15, -0.1) is 0 Å². The first-order valence-corrected chi connectivity index (χ1v) is 7.66. The molecule has 5 heteroatoms. The molecule has 0 atom stereocenters. The number of nitrogens with zero attached hydrogens (tertiary/aromatic N) is 1. The molecular formula is C16H23N3O2. The number of amides is 1. The molecule has 0 unspecified atom stereocenters. The number of carbonyl (C=O) groups excluding carboxylic acids is 1. The Kier molecular flexibility index (Phi) is 4.12. The van der Waals surface area contributed by atoms with Crippen molar-refractivity contribution in [3.05, 3.63) is 24.3 Å². The molecule has 3 rings (SSSR count). The van der Waals surface area contributed by atoms with E-state index in [4.69, 9.17) is 4.74 Å². The van der Waals surface area contributed by atoms with Gasteiger partial charge in [0.1, 0.15) is 5.54 Å². The fraction of sp³-hybridized carbons (Fsp3) is 0.562. The first-order chi connectivity index (χ1) is 10.3. The number of para-hydroxylation sites is 2. The summed E-state index contributed by atoms with van der Waals surface area (Å²) in [6, 6.07) is 8.08. The SMILES string of the molecule is COCCCN1C(=O)C2(CCNCC2)Nc2ccccc21. The summed E-state index contributed by atoms with van der Waals surface area (Å²) in [6.07, 6.45) is 2.52. The third kappa shape index (κ3) is 2.63. The molecule has 21 heavy (non-hydrogen) atoms. The van der Waals surface area contributed by atoms with Gasteiger partial charge in [0, 0.05) is 20.3 Å². The topological polar surface area (TPSA) is 53.6 Å². The minimum absolute atomic E-state index is 0.207. The third-order valence-corrected chi connectivity index (χ3v) is 4.41. The van der Waals surface area contributed by atoms with Crippen LogP contribution in [-0.4, -0.2) is 44.8 Å². The van der Waals surface area contributed by atoms with Gasteiger partial charge in [0.15, 0.2) is 0 Å². The van der Waals surface area contributed by atoms with E-state index < -0.39 is 5.54 Å². The second-order valence-electron chi connectivity index (χ2n) is 5.78. The Hall–Kier alpha value is -1.59. The van der Waals surface area contributed by atoms with Gasteiger partial charge < -0.3 is 20.3 Å². The molecule has 5 nitrogen and oxygen atoms in total. The highest BCUT2D eigenvalue weighted by Crippen LogP contribution is 2.38. The van der Waals surface area contributed by atoms with Crippen molar-refractivity contribution in [2.75, 3.05) is 43.6 Å². The minimum Gasteiger partial charge on any atom is -0.385 e. The summed E-state index contributed by atoms with van der Waals surface area (Å²) in [7, 11) is 1.70. The van der Waals surface area contributed by atoms with E-state index in [2.05, 4.69) is 16.7 Å². The molecular weight excluding hydrogens is 266 g/mol. The predicted octanol–water partition coefficient (Wildman–Crippen LogP) is 1.60. The summed E-state index contributed by atoms with van der Waals surface area (Å²) in [5, 5.41) is 6.86. The van der Waals surface area contributed by atoms with Gasteiger partial charge in [-0.1, -0.05) is 12.1 Å². The largest absolute Gasteiger partial charge is 0.385 e. The van der Waals surface area contributed by atoms with Crippen LogP contribution < -0.4 is 15.5 Å². The summed E-state index contributed by atoms with van der Waals surface area (Å²) in [5.74, 6) is 0.207. The van der Waals surface area contributed by atoms with E-state index in [9.17, 15) is 4.79 Å². The molecule has 0 saturated carbocycles. The maximum atomic E-state index is 13.1. The Morgan fingerprint density at radius 1 is 1.29 bits per heavy atom. The number of methoxy groups -OCH3 is 1. The van der Waals surface area contributed by atoms with Gasteiger partial charge in [0.25, 0.3) is 5.91 Å². The van der Waals surface area contributed by atoms with Crippen LogP contribution in [0.4, 0.5) is 11.4 Å². The van der Waals surface area contributed by atoms with E-state index in [0.29, 0.717) is 13.2 Å². The highest BCUT2D eigenvalue weighted by Gasteiger charge is 2.46. The number of hydrogen-bond acceptors (Lipinski definition) is 4. The molecule has 1 spiro atoms. The molecule has 2 aliphatic heterocycles. The molecule has 1 aromatic rings. The zero-order chi connectivity index (χ0) is 14.7. The fourth-order valence-electron chi connectivity index (χ4n) is 3.28. The average molecular weight is 289 g/mol. The quantitative estimate of drug-likeness (QED) is 0.827. The molecule has 0 aliphatic carbocycles. The number of carbonyl (C=O) groups is 1. The number of ether oxygens (including phenoxy) is 1. The smallest absolute Gasteiger partial charge is 0.252 e. The number of rotatable bonds is 4. The van der Waals surface area contributed by atoms with Gasteiger partial charge in [-0.25, -0.2) is 0 Å². The summed E-state index contributed by atoms with van der Waals surface area (Å²) < 4.78 is 5.13. The van der Waals surface area contributed by atoms with Crippen LogP contribution in [0, 0.1) is 0 Å². The average Bonchev–Trinajstić information content (AvgIpc) is 2.52. The highest BCUT2D eigenvalue weighted by molar-refractivity contribution is 6.08. The maximum Gasteiger partial charge on any atom is 0.252 e. The number of anilines is 2. The molecule has 0 radical (unpaired) electrons. The van der Waals surface area contributed by atoms with Crippen LogP contribution in [-0.2, 0) is 9.53 Å². The summed E-state index contributed by atoms with van der Waals surface area (Å²) >= 11 is 0. The van der Waals surface area contributed by atoms with E-state index in [0.717, 1.165) is 43.7 Å². The summed E-state index contributed by atoms with van der Waals surface area (Å²) in [6.45, 7) is 3.15. The van der Waals surface area contributed by atoms with Crippen molar-refractivity contribution in [1.82, 2.24) is 5.32 Å². The molecule has 1 aromatic carbocycles. The molecule has 0 aromatic heterocycles. The lowest BCUT2D eigenvalue weighted by Gasteiger charge is -2.46. The lowest BCUT2D eigenvalue weighted by atomic mass is 9.84. The number of hydrogen-bond donors (Lipinski definition) is 2. The van der Waals surface area contributed by atoms with Crippen LogP contribution in [0.15, 0.2) is 24.3 Å². The van der Waals surface area contributed by atoms with E-state index in [1.807, 2.05) is 23.1 Å². The maximum absolute atomic E-state index is 13.1. The standard InChI is InChI=1S/C16H23N3O2/c1-21-12-4-11-19-14-6-3-2-5-13(14)18-16(15(19)20)7-9-17-10-8-16/h2-3,5-6,17-18H,4,7-12H2,1H3. The van der Waals surface area contributed by atoms with Gasteiger partial charge in [0.05, 0.1) is 11.4 Å². The normalized spacial score (nSPS) is 20.2. The monoisotopic (exact) mass is 289 g/mol. The van der Waals surface area contributed by atoms with E-state index >= 15 is 0 Å². The summed E-state index contributed by atoms with van der Waals surface area (Å²) in [4.78, 5) is 15.0. The minimum atomic E-state index is -0.438. The number of benzene rings is 1. The highest BCUT2D eigenvalue weighted by atomic mass is 16.5. The zero-order valence-corrected chi connectivity index (χ0v) is 12.5. The van der Waals surface area contributed by atoms with E-state index in [-0.39, 0.29) is 5.91 Å². The van der Waals surface area contributed by atoms with Gasteiger partial charge in [-0.05, 0) is 44.5 Å². The van der Waals surface area contributed by atoms with Gasteiger partial charge >= 0.3 is 0 Å². The van der Waals surface area contributed by atoms with Crippen LogP contribution >= 0.6 is 0 Å². The Labute approximate surface area is 125 Å². The Balaban J connectivity index is 1.90. The van der Waals surface area contributed by atoms with Crippen molar-refractivity contribution in [3.63, 3.8) is 0 Å². The molecule has 1 fully saturated rings. The fourth-order valence-corrected chi connectivity index (χ4v) is 3.28. The predicted molar refractivity (Wildman–Crippen MR) is 83.7 cm³/mol. The van der Waals surface area contributed by atoms with Crippen molar-refractivity contribution in [1.29, 1.82) is 0 Å². The van der Waals surface area contributed by atoms with Gasteiger partial charge in [-0.3, -0.25) is 4.79 Å². The third-order valence-electron chi connectivity index (χ3n) is 4.41. The van der Waals surface area contributed by atoms with Crippen molar-refractivity contribution in [2.45, 2.75) is 24.8 Å². The van der Waals surface area contributed by atoms with Crippen LogP contribution in [0.3, 0.4) is 0 Å². The van der Waals surface area contributed by atoms with Crippen molar-refractivity contribution >= 4 is 17.3 Å². The van der Waals surface area contributed by atoms with Crippen LogP contribution in [0.1, 0.15) is 19.3 Å². The molecule has 1 saturated heterocycles. The molecule has 2 N–H and O–H groups in total. The Bertz CT molecular complexity index is 512. The zero-order valence-electron chi connectivity index (χ0n) is 12.5. The Morgan fingerprint density at radius 3 is 2.81 bits per heavy atom. The second kappa shape index (κ2) is 6.03. The number of piperidine rings is 1. The molecule has 0 bridgehead atoms. The first-order valence-electron chi connectivity index (χ1n) is 7.66. The van der Waals surface area contributed by atoms with E-state index in [1.54, 1.807) is 7.11 Å². The van der Waals surface area contributed by atoms with Gasteiger partial charge in [0.2, 0.25) is 0 Å². The van der Waals surface area contributed by atoms with Crippen molar-refractivity contribution in [3.8, 4) is 0 Å². The van der Waals surface area contributed by atoms with Crippen LogP contribution in [0.5, 0.6) is 0 Å². The second-order valence-corrected chi connectivity index (χ2v) is 5.78. The van der Waals surface area contributed by atoms with Gasteiger partial charge in [-0.2, -0.15) is 0 Å². The van der Waals surface area contributed by atoms with Crippen molar-refractivity contribution in [2.24, 2.45) is 0 Å². The summed E-state index contributed by atoms with van der Waals surface area (Å²) in [5.41, 5.74) is 1.62. The van der Waals surface area contributed by atoms with Crippen molar-refractivity contribution < 1.29 is 9.53 Å². The molecule has 2 heterocycles. The lowest BCUT2D eigenvalue weighted by Crippen LogP contribution is -2.61. The first kappa shape index (κ1) is 14.4. The Morgan fingerprint density at radius 2 is 2.05 bits per heavy atom. The number of nitrogens with one attached hydrogen (secondary N) is 2. The number of fused-ring (bicyclic) bond motifs is 1. The molecule has 2 aliphatic rings. The van der Waals surface area contributed by atoms with E-state index in [1.165, 1.54) is 0 Å². The van der Waals surface area contributed by atoms with Crippen LogP contribution in [0.2, 0.25) is 0 Å². The van der Waals surface area contributed by atoms with Crippen LogP contribution in [0.25, 0.3) is 0 Å². The molecule has 1 amide bonds. The molecule has 114 valence electrons.